The van der Waals surface area contributed by atoms with Crippen LogP contribution in [0.25, 0.3) is 0 Å². The maximum absolute atomic E-state index is 10.7. The van der Waals surface area contributed by atoms with E-state index in [9.17, 15) is 10.1 Å². The molecule has 0 bridgehead atoms. The van der Waals surface area contributed by atoms with Crippen molar-refractivity contribution in [3.63, 3.8) is 0 Å². The van der Waals surface area contributed by atoms with Crippen LogP contribution in [0.15, 0.2) is 11.2 Å². The molecule has 0 aromatic carbocycles. The molecule has 7 heteroatoms. The first-order chi connectivity index (χ1) is 7.65. The summed E-state index contributed by atoms with van der Waals surface area (Å²) in [6.07, 6.45) is 4.39. The van der Waals surface area contributed by atoms with Crippen LogP contribution in [-0.4, -0.2) is 20.6 Å². The van der Waals surface area contributed by atoms with Gasteiger partial charge in [-0.3, -0.25) is 10.1 Å². The van der Waals surface area contributed by atoms with E-state index in [0.717, 1.165) is 31.2 Å². The summed E-state index contributed by atoms with van der Waals surface area (Å²) in [5.41, 5.74) is -0.0779. The lowest BCUT2D eigenvalue weighted by atomic mass is 10.3. The van der Waals surface area contributed by atoms with E-state index in [1.807, 2.05) is 0 Å². The monoisotopic (exact) mass is 261 g/mol. The van der Waals surface area contributed by atoms with Crippen LogP contribution in [0, 0.1) is 10.1 Å². The highest BCUT2D eigenvalue weighted by Gasteiger charge is 2.16. The molecule has 0 aliphatic rings. The lowest BCUT2D eigenvalue weighted by Gasteiger charge is -2.01. The Morgan fingerprint density at radius 3 is 2.94 bits per heavy atom. The van der Waals surface area contributed by atoms with Crippen molar-refractivity contribution >= 4 is 29.1 Å². The van der Waals surface area contributed by atoms with Gasteiger partial charge in [0.15, 0.2) is 5.03 Å². The second kappa shape index (κ2) is 6.65. The van der Waals surface area contributed by atoms with Crippen molar-refractivity contribution in [2.75, 3.05) is 5.75 Å². The fraction of sp³-hybridized carbons (Fsp3) is 0.556. The summed E-state index contributed by atoms with van der Waals surface area (Å²) >= 11 is 6.96. The van der Waals surface area contributed by atoms with Crippen molar-refractivity contribution in [2.45, 2.75) is 31.2 Å². The Kier molecular flexibility index (Phi) is 5.48. The summed E-state index contributed by atoms with van der Waals surface area (Å²) in [4.78, 5) is 17.7. The average Bonchev–Trinajstić information content (AvgIpc) is 2.24. The molecule has 1 rings (SSSR count). The summed E-state index contributed by atoms with van der Waals surface area (Å²) in [6.45, 7) is 2.11. The van der Waals surface area contributed by atoms with E-state index in [-0.39, 0.29) is 11.0 Å². The molecular weight excluding hydrogens is 250 g/mol. The van der Waals surface area contributed by atoms with Crippen molar-refractivity contribution in [1.82, 2.24) is 9.97 Å². The SMILES string of the molecule is CCCCCSc1nc(Cl)ncc1[N+](=O)[O-]. The number of hydrogen-bond donors (Lipinski definition) is 0. The Labute approximate surface area is 103 Å². The molecular formula is C9H12ClN3O2S. The third-order valence-electron chi connectivity index (χ3n) is 1.89. The Balaban J connectivity index is 2.68. The Bertz CT molecular complexity index is 376. The number of nitrogens with zero attached hydrogens (tertiary/aromatic N) is 3. The molecule has 0 atom stereocenters. The van der Waals surface area contributed by atoms with E-state index < -0.39 is 4.92 Å². The number of hydrogen-bond acceptors (Lipinski definition) is 5. The lowest BCUT2D eigenvalue weighted by molar-refractivity contribution is -0.388. The van der Waals surface area contributed by atoms with E-state index >= 15 is 0 Å². The number of thioether (sulfide) groups is 1. The molecule has 0 fully saturated rings. The smallest absolute Gasteiger partial charge is 0.258 e. The van der Waals surface area contributed by atoms with E-state index in [0.29, 0.717) is 5.03 Å². The van der Waals surface area contributed by atoms with Crippen molar-refractivity contribution < 1.29 is 4.92 Å². The number of aromatic nitrogens is 2. The minimum atomic E-state index is -0.488. The van der Waals surface area contributed by atoms with Crippen LogP contribution in [0.2, 0.25) is 5.28 Å². The zero-order valence-electron chi connectivity index (χ0n) is 8.85. The van der Waals surface area contributed by atoms with Gasteiger partial charge in [0.2, 0.25) is 5.28 Å². The molecule has 0 amide bonds. The van der Waals surface area contributed by atoms with Gasteiger partial charge in [0, 0.05) is 0 Å². The number of nitro groups is 1. The van der Waals surface area contributed by atoms with Gasteiger partial charge in [0.1, 0.15) is 6.20 Å². The zero-order valence-corrected chi connectivity index (χ0v) is 10.4. The lowest BCUT2D eigenvalue weighted by Crippen LogP contribution is -1.96. The molecule has 0 spiro atoms. The summed E-state index contributed by atoms with van der Waals surface area (Å²) in [7, 11) is 0. The van der Waals surface area contributed by atoms with Gasteiger partial charge in [-0.15, -0.1) is 0 Å². The fourth-order valence-electron chi connectivity index (χ4n) is 1.09. The summed E-state index contributed by atoms with van der Waals surface area (Å²) in [5, 5.41) is 11.1. The van der Waals surface area contributed by atoms with E-state index in [1.54, 1.807) is 0 Å². The highest BCUT2D eigenvalue weighted by molar-refractivity contribution is 7.99. The molecule has 0 saturated heterocycles. The molecule has 16 heavy (non-hydrogen) atoms. The van der Waals surface area contributed by atoms with Crippen molar-refractivity contribution in [3.8, 4) is 0 Å². The topological polar surface area (TPSA) is 68.9 Å². The van der Waals surface area contributed by atoms with Gasteiger partial charge >= 0.3 is 5.69 Å². The predicted octanol–water partition coefficient (Wildman–Crippen LogP) is 3.32. The number of unbranched alkanes of at least 4 members (excludes halogenated alkanes) is 2. The molecule has 1 aromatic rings. The maximum Gasteiger partial charge on any atom is 0.319 e. The second-order valence-electron chi connectivity index (χ2n) is 3.14. The molecule has 0 saturated carbocycles. The second-order valence-corrected chi connectivity index (χ2v) is 4.56. The highest BCUT2D eigenvalue weighted by Crippen LogP contribution is 2.27. The minimum absolute atomic E-state index is 0.0450. The standard InChI is InChI=1S/C9H12ClN3O2S/c1-2-3-4-5-16-8-7(13(14)15)6-11-9(10)12-8/h6H,2-5H2,1H3. The summed E-state index contributed by atoms with van der Waals surface area (Å²) in [6, 6.07) is 0. The number of halogens is 1. The Hall–Kier alpha value is -0.880. The van der Waals surface area contributed by atoms with Crippen LogP contribution in [0.3, 0.4) is 0 Å². The van der Waals surface area contributed by atoms with Gasteiger partial charge in [-0.1, -0.05) is 31.5 Å². The first-order valence-corrected chi connectivity index (χ1v) is 6.31. The van der Waals surface area contributed by atoms with Crippen LogP contribution in [0.1, 0.15) is 26.2 Å². The van der Waals surface area contributed by atoms with Crippen molar-refractivity contribution in [1.29, 1.82) is 0 Å². The molecule has 0 N–H and O–H groups in total. The summed E-state index contributed by atoms with van der Waals surface area (Å²) in [5.74, 6) is 0.808. The molecule has 0 aliphatic heterocycles. The molecule has 0 unspecified atom stereocenters. The Morgan fingerprint density at radius 1 is 1.56 bits per heavy atom. The van der Waals surface area contributed by atoms with Crippen LogP contribution in [-0.2, 0) is 0 Å². The van der Waals surface area contributed by atoms with Gasteiger partial charge < -0.3 is 0 Å². The number of rotatable bonds is 6. The van der Waals surface area contributed by atoms with Crippen LogP contribution >= 0.6 is 23.4 Å². The van der Waals surface area contributed by atoms with Gasteiger partial charge in [-0.05, 0) is 23.8 Å². The molecule has 5 nitrogen and oxygen atoms in total. The van der Waals surface area contributed by atoms with Crippen LogP contribution < -0.4 is 0 Å². The van der Waals surface area contributed by atoms with Gasteiger partial charge in [-0.2, -0.15) is 0 Å². The molecule has 88 valence electrons. The average molecular weight is 262 g/mol. The third kappa shape index (κ3) is 3.94. The maximum atomic E-state index is 10.7. The molecule has 1 aromatic heterocycles. The summed E-state index contributed by atoms with van der Waals surface area (Å²) < 4.78 is 0. The quantitative estimate of drug-likeness (QED) is 0.196. The van der Waals surface area contributed by atoms with Crippen LogP contribution in [0.4, 0.5) is 5.69 Å². The first kappa shape index (κ1) is 13.2. The zero-order chi connectivity index (χ0) is 12.0. The normalized spacial score (nSPS) is 10.4. The molecule has 0 radical (unpaired) electrons. The molecule has 0 aliphatic carbocycles. The Morgan fingerprint density at radius 2 is 2.31 bits per heavy atom. The first-order valence-electron chi connectivity index (χ1n) is 4.95. The third-order valence-corrected chi connectivity index (χ3v) is 3.14. The predicted molar refractivity (Wildman–Crippen MR) is 63.9 cm³/mol. The van der Waals surface area contributed by atoms with Crippen LogP contribution in [0.5, 0.6) is 0 Å². The molecule has 1 heterocycles. The highest BCUT2D eigenvalue weighted by atomic mass is 35.5. The van der Waals surface area contributed by atoms with Gasteiger partial charge in [0.25, 0.3) is 0 Å². The van der Waals surface area contributed by atoms with Gasteiger partial charge in [0.05, 0.1) is 4.92 Å². The van der Waals surface area contributed by atoms with Gasteiger partial charge in [-0.25, -0.2) is 9.97 Å². The van der Waals surface area contributed by atoms with E-state index in [2.05, 4.69) is 16.9 Å². The van der Waals surface area contributed by atoms with E-state index in [1.165, 1.54) is 11.8 Å². The fourth-order valence-corrected chi connectivity index (χ4v) is 2.24. The minimum Gasteiger partial charge on any atom is -0.258 e. The van der Waals surface area contributed by atoms with E-state index in [4.69, 9.17) is 11.6 Å². The van der Waals surface area contributed by atoms with Crippen molar-refractivity contribution in [2.24, 2.45) is 0 Å². The van der Waals surface area contributed by atoms with Crippen molar-refractivity contribution in [3.05, 3.63) is 21.6 Å². The largest absolute Gasteiger partial charge is 0.319 e.